The van der Waals surface area contributed by atoms with E-state index in [1.807, 2.05) is 24.3 Å². The van der Waals surface area contributed by atoms with Crippen molar-refractivity contribution in [3.8, 4) is 0 Å². The number of anilines is 2. The summed E-state index contributed by atoms with van der Waals surface area (Å²) in [7, 11) is 1.36. The molecule has 4 nitrogen and oxygen atoms in total. The highest BCUT2D eigenvalue weighted by Crippen LogP contribution is 2.34. The van der Waals surface area contributed by atoms with Crippen molar-refractivity contribution < 1.29 is 9.53 Å². The van der Waals surface area contributed by atoms with Crippen molar-refractivity contribution in [3.05, 3.63) is 24.3 Å². The molecule has 1 amide bonds. The van der Waals surface area contributed by atoms with Crippen molar-refractivity contribution in [3.63, 3.8) is 0 Å². The van der Waals surface area contributed by atoms with Crippen LogP contribution in [0.5, 0.6) is 0 Å². The first-order chi connectivity index (χ1) is 8.67. The van der Waals surface area contributed by atoms with Gasteiger partial charge >= 0.3 is 6.09 Å². The Morgan fingerprint density at radius 3 is 2.83 bits per heavy atom. The van der Waals surface area contributed by atoms with E-state index in [1.165, 1.54) is 26.4 Å². The van der Waals surface area contributed by atoms with Crippen molar-refractivity contribution >= 4 is 17.5 Å². The number of hydrogen-bond donors (Lipinski definition) is 2. The summed E-state index contributed by atoms with van der Waals surface area (Å²) in [6, 6.07) is 8.14. The van der Waals surface area contributed by atoms with E-state index in [-0.39, 0.29) is 0 Å². The van der Waals surface area contributed by atoms with Crippen LogP contribution in [-0.2, 0) is 4.74 Å². The molecule has 0 heterocycles. The lowest BCUT2D eigenvalue weighted by molar-refractivity contribution is 0.187. The fraction of sp³-hybridized carbons (Fsp3) is 0.500. The van der Waals surface area contributed by atoms with Crippen molar-refractivity contribution in [2.24, 2.45) is 5.92 Å². The van der Waals surface area contributed by atoms with Gasteiger partial charge in [0.1, 0.15) is 0 Å². The van der Waals surface area contributed by atoms with Crippen molar-refractivity contribution in [1.82, 2.24) is 0 Å². The Morgan fingerprint density at radius 1 is 1.44 bits per heavy atom. The summed E-state index contributed by atoms with van der Waals surface area (Å²) >= 11 is 0. The second kappa shape index (κ2) is 5.76. The molecule has 4 heteroatoms. The van der Waals surface area contributed by atoms with Crippen LogP contribution in [0.3, 0.4) is 0 Å². The maximum atomic E-state index is 11.1. The minimum Gasteiger partial charge on any atom is -0.453 e. The van der Waals surface area contributed by atoms with Gasteiger partial charge < -0.3 is 10.1 Å². The standard InChI is InChI=1S/C14H20N2O2/c1-10(8-11-6-7-11)15-12-4-3-5-13(9-12)16-14(17)18-2/h3-5,9-11,15H,6-8H2,1-2H3,(H,16,17). The molecule has 2 N–H and O–H groups in total. The lowest BCUT2D eigenvalue weighted by atomic mass is 10.1. The molecule has 2 rings (SSSR count). The van der Waals surface area contributed by atoms with Gasteiger partial charge in [0.15, 0.2) is 0 Å². The minimum absolute atomic E-state index is 0.446. The van der Waals surface area contributed by atoms with Crippen LogP contribution in [0.2, 0.25) is 0 Å². The highest BCUT2D eigenvalue weighted by atomic mass is 16.5. The van der Waals surface area contributed by atoms with Crippen LogP contribution < -0.4 is 10.6 Å². The van der Waals surface area contributed by atoms with Crippen LogP contribution in [0.25, 0.3) is 0 Å². The smallest absolute Gasteiger partial charge is 0.411 e. The van der Waals surface area contributed by atoms with E-state index in [9.17, 15) is 4.79 Å². The first-order valence-corrected chi connectivity index (χ1v) is 6.39. The fourth-order valence-corrected chi connectivity index (χ4v) is 2.05. The molecule has 0 spiro atoms. The Hall–Kier alpha value is -1.71. The molecule has 0 aliphatic heterocycles. The van der Waals surface area contributed by atoms with Gasteiger partial charge in [0.25, 0.3) is 0 Å². The van der Waals surface area contributed by atoms with Crippen LogP contribution in [0.15, 0.2) is 24.3 Å². The van der Waals surface area contributed by atoms with E-state index < -0.39 is 6.09 Å². The number of carbonyl (C=O) groups excluding carboxylic acids is 1. The van der Waals surface area contributed by atoms with Crippen molar-refractivity contribution in [2.45, 2.75) is 32.2 Å². The third-order valence-corrected chi connectivity index (χ3v) is 3.09. The molecule has 1 aliphatic rings. The monoisotopic (exact) mass is 248 g/mol. The molecule has 1 aromatic rings. The summed E-state index contributed by atoms with van der Waals surface area (Å²) in [6.07, 6.45) is 3.51. The van der Waals surface area contributed by atoms with Gasteiger partial charge in [-0.05, 0) is 37.5 Å². The molecule has 0 aromatic heterocycles. The van der Waals surface area contributed by atoms with Crippen LogP contribution in [0.1, 0.15) is 26.2 Å². The van der Waals surface area contributed by atoms with Crippen molar-refractivity contribution in [1.29, 1.82) is 0 Å². The molecule has 1 unspecified atom stereocenters. The lowest BCUT2D eigenvalue weighted by Gasteiger charge is -2.15. The normalized spacial score (nSPS) is 15.9. The Bertz CT molecular complexity index is 416. The first kappa shape index (κ1) is 12.7. The average molecular weight is 248 g/mol. The topological polar surface area (TPSA) is 50.4 Å². The molecule has 98 valence electrons. The van der Waals surface area contributed by atoms with Crippen LogP contribution in [0.4, 0.5) is 16.2 Å². The summed E-state index contributed by atoms with van der Waals surface area (Å²) in [6.45, 7) is 2.19. The summed E-state index contributed by atoms with van der Waals surface area (Å²) in [5.74, 6) is 0.906. The molecule has 0 bridgehead atoms. The molecular formula is C14H20N2O2. The predicted molar refractivity (Wildman–Crippen MR) is 72.9 cm³/mol. The van der Waals surface area contributed by atoms with E-state index >= 15 is 0 Å². The molecule has 1 fully saturated rings. The van der Waals surface area contributed by atoms with E-state index in [0.717, 1.165) is 17.3 Å². The highest BCUT2D eigenvalue weighted by Gasteiger charge is 2.23. The average Bonchev–Trinajstić information content (AvgIpc) is 3.13. The maximum Gasteiger partial charge on any atom is 0.411 e. The summed E-state index contributed by atoms with van der Waals surface area (Å²) in [4.78, 5) is 11.1. The fourth-order valence-electron chi connectivity index (χ4n) is 2.05. The molecule has 1 aliphatic carbocycles. The van der Waals surface area contributed by atoms with Crippen LogP contribution in [-0.4, -0.2) is 19.2 Å². The Morgan fingerprint density at radius 2 is 2.17 bits per heavy atom. The molecule has 1 atom stereocenters. The second-order valence-corrected chi connectivity index (χ2v) is 4.92. The molecule has 1 aromatic carbocycles. The SMILES string of the molecule is COC(=O)Nc1cccc(NC(C)CC2CC2)c1. The number of benzene rings is 1. The van der Waals surface area contributed by atoms with Crippen LogP contribution >= 0.6 is 0 Å². The predicted octanol–water partition coefficient (Wildman–Crippen LogP) is 3.47. The van der Waals surface area contributed by atoms with Gasteiger partial charge in [-0.2, -0.15) is 0 Å². The zero-order valence-electron chi connectivity index (χ0n) is 10.9. The van der Waals surface area contributed by atoms with Gasteiger partial charge in [0.05, 0.1) is 7.11 Å². The Labute approximate surface area is 108 Å². The Kier molecular flexibility index (Phi) is 4.07. The molecular weight excluding hydrogens is 228 g/mol. The zero-order chi connectivity index (χ0) is 13.0. The second-order valence-electron chi connectivity index (χ2n) is 4.92. The van der Waals surface area contributed by atoms with Gasteiger partial charge in [-0.25, -0.2) is 4.79 Å². The lowest BCUT2D eigenvalue weighted by Crippen LogP contribution is -2.16. The van der Waals surface area contributed by atoms with Crippen molar-refractivity contribution in [2.75, 3.05) is 17.7 Å². The molecule has 0 saturated heterocycles. The number of rotatable bonds is 5. The molecule has 18 heavy (non-hydrogen) atoms. The molecule has 1 saturated carbocycles. The van der Waals surface area contributed by atoms with E-state index in [1.54, 1.807) is 0 Å². The quantitative estimate of drug-likeness (QED) is 0.839. The van der Waals surface area contributed by atoms with Gasteiger partial charge in [0.2, 0.25) is 0 Å². The number of ether oxygens (including phenoxy) is 1. The van der Waals surface area contributed by atoms with E-state index in [0.29, 0.717) is 6.04 Å². The van der Waals surface area contributed by atoms with Gasteiger partial charge in [-0.15, -0.1) is 0 Å². The third kappa shape index (κ3) is 3.95. The number of hydrogen-bond acceptors (Lipinski definition) is 3. The number of amides is 1. The largest absolute Gasteiger partial charge is 0.453 e. The van der Waals surface area contributed by atoms with Gasteiger partial charge in [0, 0.05) is 17.4 Å². The number of carbonyl (C=O) groups is 1. The van der Waals surface area contributed by atoms with Gasteiger partial charge in [-0.1, -0.05) is 18.9 Å². The Balaban J connectivity index is 1.91. The summed E-state index contributed by atoms with van der Waals surface area (Å²) < 4.78 is 4.57. The summed E-state index contributed by atoms with van der Waals surface area (Å²) in [5, 5.41) is 6.11. The maximum absolute atomic E-state index is 11.1. The number of nitrogens with one attached hydrogen (secondary N) is 2. The van der Waals surface area contributed by atoms with E-state index in [4.69, 9.17) is 0 Å². The van der Waals surface area contributed by atoms with Crippen LogP contribution in [0, 0.1) is 5.92 Å². The number of methoxy groups -OCH3 is 1. The summed E-state index contributed by atoms with van der Waals surface area (Å²) in [5.41, 5.74) is 1.77. The zero-order valence-corrected chi connectivity index (χ0v) is 10.9. The third-order valence-electron chi connectivity index (χ3n) is 3.09. The first-order valence-electron chi connectivity index (χ1n) is 6.39. The molecule has 0 radical (unpaired) electrons. The highest BCUT2D eigenvalue weighted by molar-refractivity contribution is 5.85. The van der Waals surface area contributed by atoms with E-state index in [2.05, 4.69) is 22.3 Å². The minimum atomic E-state index is -0.446. The van der Waals surface area contributed by atoms with Gasteiger partial charge in [-0.3, -0.25) is 5.32 Å².